The predicted molar refractivity (Wildman–Crippen MR) is 84.3 cm³/mol. The summed E-state index contributed by atoms with van der Waals surface area (Å²) < 4.78 is 5.85. The van der Waals surface area contributed by atoms with Crippen LogP contribution in [0.4, 0.5) is 0 Å². The number of hydrogen-bond acceptors (Lipinski definition) is 3. The van der Waals surface area contributed by atoms with Crippen LogP contribution in [0.15, 0.2) is 0 Å². The van der Waals surface area contributed by atoms with Crippen LogP contribution >= 0.6 is 0 Å². The second-order valence-electron chi connectivity index (χ2n) is 7.64. The third kappa shape index (κ3) is 4.02. The molecule has 0 bridgehead atoms. The maximum atomic E-state index is 12.6. The lowest BCUT2D eigenvalue weighted by molar-refractivity contribution is -0.169. The third-order valence-electron chi connectivity index (χ3n) is 5.61. The number of aliphatic carboxylic acids is 1. The highest BCUT2D eigenvalue weighted by molar-refractivity contribution is 5.81. The van der Waals surface area contributed by atoms with Crippen LogP contribution in [-0.4, -0.2) is 23.1 Å². The van der Waals surface area contributed by atoms with Crippen LogP contribution in [0, 0.1) is 29.6 Å². The fourth-order valence-electron chi connectivity index (χ4n) is 4.20. The van der Waals surface area contributed by atoms with Crippen molar-refractivity contribution in [3.8, 4) is 0 Å². The van der Waals surface area contributed by atoms with Crippen molar-refractivity contribution in [3.63, 3.8) is 0 Å². The number of carboxylic acids is 1. The zero-order valence-electron chi connectivity index (χ0n) is 14.1. The molecule has 0 amide bonds. The minimum absolute atomic E-state index is 0.0346. The van der Waals surface area contributed by atoms with Crippen LogP contribution in [0.5, 0.6) is 0 Å². The number of carbonyl (C=O) groups excluding carboxylic acids is 1. The normalized spacial score (nSPS) is 36.1. The first-order valence-corrected chi connectivity index (χ1v) is 8.83. The summed E-state index contributed by atoms with van der Waals surface area (Å²) in [6.45, 7) is 6.57. The molecule has 0 saturated heterocycles. The Kier molecular flexibility index (Phi) is 5.87. The molecule has 1 N–H and O–H groups in total. The van der Waals surface area contributed by atoms with Gasteiger partial charge in [-0.1, -0.05) is 40.0 Å². The van der Waals surface area contributed by atoms with E-state index < -0.39 is 17.8 Å². The molecule has 2 saturated carbocycles. The first-order chi connectivity index (χ1) is 10.4. The summed E-state index contributed by atoms with van der Waals surface area (Å²) in [6.07, 6.45) is 6.26. The highest BCUT2D eigenvalue weighted by Gasteiger charge is 2.40. The Hall–Kier alpha value is -1.06. The van der Waals surface area contributed by atoms with E-state index in [9.17, 15) is 14.7 Å². The molecule has 2 aliphatic carbocycles. The van der Waals surface area contributed by atoms with E-state index in [1.807, 2.05) is 0 Å². The topological polar surface area (TPSA) is 63.6 Å². The molecule has 0 unspecified atom stereocenters. The van der Waals surface area contributed by atoms with E-state index in [2.05, 4.69) is 20.8 Å². The molecular weight excluding hydrogens is 280 g/mol. The summed E-state index contributed by atoms with van der Waals surface area (Å²) in [6, 6.07) is 0. The van der Waals surface area contributed by atoms with Crippen molar-refractivity contribution >= 4 is 11.9 Å². The van der Waals surface area contributed by atoms with Crippen molar-refractivity contribution in [2.24, 2.45) is 29.6 Å². The zero-order chi connectivity index (χ0) is 16.3. The summed E-state index contributed by atoms with van der Waals surface area (Å²) >= 11 is 0. The average Bonchev–Trinajstić information content (AvgIpc) is 2.46. The van der Waals surface area contributed by atoms with Gasteiger partial charge in [0, 0.05) is 0 Å². The van der Waals surface area contributed by atoms with Gasteiger partial charge in [-0.05, 0) is 43.4 Å². The van der Waals surface area contributed by atoms with Crippen molar-refractivity contribution < 1.29 is 19.4 Å². The van der Waals surface area contributed by atoms with Gasteiger partial charge in [0.1, 0.15) is 6.10 Å². The second kappa shape index (κ2) is 7.47. The molecule has 0 aromatic heterocycles. The third-order valence-corrected chi connectivity index (χ3v) is 5.61. The summed E-state index contributed by atoms with van der Waals surface area (Å²) in [5, 5.41) is 9.34. The van der Waals surface area contributed by atoms with E-state index in [4.69, 9.17) is 4.74 Å². The summed E-state index contributed by atoms with van der Waals surface area (Å²) in [5.74, 6) is -0.639. The highest BCUT2D eigenvalue weighted by Crippen LogP contribution is 2.37. The Morgan fingerprint density at radius 2 is 1.68 bits per heavy atom. The first kappa shape index (κ1) is 17.3. The Balaban J connectivity index is 2.03. The summed E-state index contributed by atoms with van der Waals surface area (Å²) in [4.78, 5) is 23.9. The summed E-state index contributed by atoms with van der Waals surface area (Å²) in [7, 11) is 0. The maximum absolute atomic E-state index is 12.6. The standard InChI is InChI=1S/C18H30O4/c1-11(2)13-9-8-12(3)10-16(13)22-18(21)15-7-5-4-6-14(15)17(19)20/h11-16H,4-10H2,1-3H3,(H,19,20)/t12-,13+,14+,15+,16-/m1/s1. The number of carbonyl (C=O) groups is 2. The molecule has 0 aromatic rings. The van der Waals surface area contributed by atoms with Crippen LogP contribution in [0.2, 0.25) is 0 Å². The van der Waals surface area contributed by atoms with Gasteiger partial charge in [0.15, 0.2) is 0 Å². The number of ether oxygens (including phenoxy) is 1. The fourth-order valence-corrected chi connectivity index (χ4v) is 4.20. The molecular formula is C18H30O4. The molecule has 0 aliphatic heterocycles. The van der Waals surface area contributed by atoms with Crippen molar-refractivity contribution in [1.82, 2.24) is 0 Å². The zero-order valence-corrected chi connectivity index (χ0v) is 14.1. The van der Waals surface area contributed by atoms with E-state index in [0.29, 0.717) is 30.6 Å². The number of carboxylic acid groups (broad SMARTS) is 1. The number of esters is 1. The molecule has 4 heteroatoms. The van der Waals surface area contributed by atoms with E-state index in [1.54, 1.807) is 0 Å². The molecule has 22 heavy (non-hydrogen) atoms. The molecule has 4 nitrogen and oxygen atoms in total. The van der Waals surface area contributed by atoms with E-state index in [1.165, 1.54) is 6.42 Å². The molecule has 0 aromatic carbocycles. The molecule has 5 atom stereocenters. The lowest BCUT2D eigenvalue weighted by atomic mass is 9.75. The van der Waals surface area contributed by atoms with E-state index >= 15 is 0 Å². The van der Waals surface area contributed by atoms with Crippen LogP contribution in [-0.2, 0) is 14.3 Å². The van der Waals surface area contributed by atoms with Gasteiger partial charge in [-0.25, -0.2) is 0 Å². The fraction of sp³-hybridized carbons (Fsp3) is 0.889. The molecule has 0 radical (unpaired) electrons. The van der Waals surface area contributed by atoms with Gasteiger partial charge in [0.05, 0.1) is 11.8 Å². The SMILES string of the molecule is CC(C)[C@@H]1CC[C@@H](C)C[C@H]1OC(=O)[C@H]1CCCC[C@@H]1C(=O)O. The van der Waals surface area contributed by atoms with Gasteiger partial charge in [-0.15, -0.1) is 0 Å². The van der Waals surface area contributed by atoms with Crippen LogP contribution in [0.3, 0.4) is 0 Å². The largest absolute Gasteiger partial charge is 0.481 e. The van der Waals surface area contributed by atoms with Gasteiger partial charge >= 0.3 is 11.9 Å². The van der Waals surface area contributed by atoms with E-state index in [0.717, 1.165) is 25.7 Å². The number of hydrogen-bond donors (Lipinski definition) is 1. The monoisotopic (exact) mass is 310 g/mol. The average molecular weight is 310 g/mol. The molecule has 126 valence electrons. The molecule has 2 rings (SSSR count). The molecule has 0 spiro atoms. The Morgan fingerprint density at radius 3 is 2.27 bits per heavy atom. The highest BCUT2D eigenvalue weighted by atomic mass is 16.5. The van der Waals surface area contributed by atoms with Gasteiger partial charge in [0.2, 0.25) is 0 Å². The van der Waals surface area contributed by atoms with E-state index in [-0.39, 0.29) is 12.1 Å². The second-order valence-corrected chi connectivity index (χ2v) is 7.64. The maximum Gasteiger partial charge on any atom is 0.310 e. The van der Waals surface area contributed by atoms with Crippen molar-refractivity contribution in [2.45, 2.75) is 71.8 Å². The van der Waals surface area contributed by atoms with Crippen LogP contribution in [0.25, 0.3) is 0 Å². The van der Waals surface area contributed by atoms with Gasteiger partial charge in [-0.3, -0.25) is 9.59 Å². The minimum atomic E-state index is -0.848. The Morgan fingerprint density at radius 1 is 1.05 bits per heavy atom. The van der Waals surface area contributed by atoms with Crippen molar-refractivity contribution in [1.29, 1.82) is 0 Å². The molecule has 0 heterocycles. The lowest BCUT2D eigenvalue weighted by Crippen LogP contribution is -2.40. The van der Waals surface area contributed by atoms with Crippen LogP contribution < -0.4 is 0 Å². The minimum Gasteiger partial charge on any atom is -0.481 e. The smallest absolute Gasteiger partial charge is 0.310 e. The van der Waals surface area contributed by atoms with Gasteiger partial charge in [0.25, 0.3) is 0 Å². The predicted octanol–water partition coefficient (Wildman–Crippen LogP) is 3.88. The number of rotatable bonds is 4. The van der Waals surface area contributed by atoms with Gasteiger partial charge in [-0.2, -0.15) is 0 Å². The quantitative estimate of drug-likeness (QED) is 0.800. The first-order valence-electron chi connectivity index (χ1n) is 8.83. The molecule has 2 fully saturated rings. The molecule has 2 aliphatic rings. The lowest BCUT2D eigenvalue weighted by Gasteiger charge is -2.38. The Bertz CT molecular complexity index is 404. The van der Waals surface area contributed by atoms with Crippen LogP contribution in [0.1, 0.15) is 65.7 Å². The Labute approximate surface area is 133 Å². The van der Waals surface area contributed by atoms with Gasteiger partial charge < -0.3 is 9.84 Å². The summed E-state index contributed by atoms with van der Waals surface area (Å²) in [5.41, 5.74) is 0. The van der Waals surface area contributed by atoms with Crippen molar-refractivity contribution in [3.05, 3.63) is 0 Å². The van der Waals surface area contributed by atoms with Crippen molar-refractivity contribution in [2.75, 3.05) is 0 Å².